The molecule has 0 aliphatic carbocycles. The van der Waals surface area contributed by atoms with E-state index in [1.54, 1.807) is 12.1 Å². The van der Waals surface area contributed by atoms with Crippen molar-refractivity contribution in [2.45, 2.75) is 246 Å². The lowest BCUT2D eigenvalue weighted by molar-refractivity contribution is -0.367. The number of hydrogen-bond donors (Lipinski definition) is 17. The van der Waals surface area contributed by atoms with Gasteiger partial charge in [-0.2, -0.15) is 0 Å². The molecule has 5 heterocycles. The van der Waals surface area contributed by atoms with Crippen LogP contribution in [-0.2, 0) is 61.8 Å². The molecule has 5 saturated heterocycles. The smallest absolute Gasteiger partial charge is 0.251 e. The molecule has 25 atom stereocenters. The van der Waals surface area contributed by atoms with Crippen molar-refractivity contribution in [3.63, 3.8) is 0 Å². The van der Waals surface area contributed by atoms with Crippen molar-refractivity contribution >= 4 is 29.5 Å². The number of unbranched alkanes of at least 4 members (excludes halogenated alkanes) is 8. The molecule has 32 heteroatoms. The maximum atomic E-state index is 13.9. The van der Waals surface area contributed by atoms with E-state index in [9.17, 15) is 85.3 Å². The van der Waals surface area contributed by atoms with Crippen LogP contribution in [0.15, 0.2) is 24.3 Å². The summed E-state index contributed by atoms with van der Waals surface area (Å²) in [6, 6.07) is -2.10. The number of aliphatic hydroxyl groups excluding tert-OH is 12. The topological polar surface area (TPSA) is 481 Å². The van der Waals surface area contributed by atoms with E-state index in [1.165, 1.54) is 44.2 Å². The molecule has 0 aromatic heterocycles. The van der Waals surface area contributed by atoms with Crippen molar-refractivity contribution in [1.29, 1.82) is 0 Å². The minimum Gasteiger partial charge on any atom is -0.494 e. The number of carbonyl (C=O) groups excluding carboxylic acids is 5. The number of amides is 5. The number of benzene rings is 1. The van der Waals surface area contributed by atoms with Gasteiger partial charge in [0, 0.05) is 33.3 Å². The number of ether oxygens (including phenoxy) is 10. The number of carbonyl (C=O) groups is 5. The van der Waals surface area contributed by atoms with Crippen LogP contribution < -0.4 is 31.3 Å². The van der Waals surface area contributed by atoms with Gasteiger partial charge in [-0.05, 0) is 24.6 Å². The average molecular weight is 1270 g/mol. The number of hydrogen-bond acceptors (Lipinski definition) is 27. The average Bonchev–Trinajstić information content (AvgIpc) is 1.74. The third-order valence-corrected chi connectivity index (χ3v) is 15.9. The molecule has 1 aromatic rings. The Bertz CT molecular complexity index is 2350. The molecule has 5 aliphatic heterocycles. The third kappa shape index (κ3) is 18.8. The van der Waals surface area contributed by atoms with Crippen LogP contribution >= 0.6 is 0 Å². The standard InChI is InChI=1S/C56H91N5O27/c1-6-7-8-9-10-11-12-13-14-18-79-30-17-15-16-29(19-30)51(77)61-37-42(72)41(71)31(20-62)81-53(37)86-48-33(22-64)83-55(39(44(48)74)59-27(4)69)88-50-35(24-66)84-56(40(46(50)76)60-28(5)70)87-49-34(23-65)82-54(38(45(49)75)58-26(3)68)85-47-32(21-63)80-52(78)36(43(47)73)57-25(2)67/h15-17,19,31-50,52-56,62-66,71-76,78H,6-14,18,20-24H2,1-5H3,(H,57,67)(H,58,68)(H,59,69)(H,60,70)(H,61,77)/t31?,32?,33?,34?,35?,36-,37-,38?,39?,40-,41+,42+,43+,44?,45?,46+,47?,48+,49+,50?,52+,53?,54?,55-,56-/m0/s1. The summed E-state index contributed by atoms with van der Waals surface area (Å²) >= 11 is 0. The fourth-order valence-corrected chi connectivity index (χ4v) is 11.4. The van der Waals surface area contributed by atoms with E-state index in [2.05, 4.69) is 33.5 Å². The predicted octanol–water partition coefficient (Wildman–Crippen LogP) is -6.00. The molecular formula is C56H91N5O27. The largest absolute Gasteiger partial charge is 0.494 e. The molecule has 5 amide bonds. The predicted molar refractivity (Wildman–Crippen MR) is 297 cm³/mol. The van der Waals surface area contributed by atoms with Crippen LogP contribution in [0.3, 0.4) is 0 Å². The van der Waals surface area contributed by atoms with Gasteiger partial charge in [0.25, 0.3) is 5.91 Å². The molecule has 502 valence electrons. The van der Waals surface area contributed by atoms with Crippen LogP contribution in [0, 0.1) is 0 Å². The zero-order valence-corrected chi connectivity index (χ0v) is 49.8. The number of aliphatic hydroxyl groups is 12. The lowest BCUT2D eigenvalue weighted by Gasteiger charge is -2.51. The van der Waals surface area contributed by atoms with Crippen molar-refractivity contribution in [2.75, 3.05) is 39.6 Å². The molecule has 0 bridgehead atoms. The van der Waals surface area contributed by atoms with E-state index in [1.807, 2.05) is 0 Å². The van der Waals surface area contributed by atoms with Crippen molar-refractivity contribution in [1.82, 2.24) is 26.6 Å². The van der Waals surface area contributed by atoms with Crippen LogP contribution in [-0.4, -0.2) is 284 Å². The van der Waals surface area contributed by atoms with Crippen LogP contribution in [0.2, 0.25) is 0 Å². The molecular weight excluding hydrogens is 1170 g/mol. The Morgan fingerprint density at radius 3 is 1.15 bits per heavy atom. The Hall–Kier alpha value is -4.47. The van der Waals surface area contributed by atoms with E-state index in [-0.39, 0.29) is 5.56 Å². The van der Waals surface area contributed by atoms with Crippen molar-refractivity contribution in [2.24, 2.45) is 0 Å². The molecule has 6 rings (SSSR count). The molecule has 88 heavy (non-hydrogen) atoms. The lowest BCUT2D eigenvalue weighted by Crippen LogP contribution is -2.72. The molecule has 5 fully saturated rings. The maximum absolute atomic E-state index is 13.9. The van der Waals surface area contributed by atoms with Crippen molar-refractivity contribution < 1.29 is 133 Å². The first-order valence-corrected chi connectivity index (χ1v) is 29.8. The van der Waals surface area contributed by atoms with Crippen LogP contribution in [0.4, 0.5) is 0 Å². The van der Waals surface area contributed by atoms with Crippen LogP contribution in [0.25, 0.3) is 0 Å². The highest BCUT2D eigenvalue weighted by Gasteiger charge is 2.58. The second-order valence-electron chi connectivity index (χ2n) is 22.6. The van der Waals surface area contributed by atoms with Gasteiger partial charge >= 0.3 is 0 Å². The van der Waals surface area contributed by atoms with Gasteiger partial charge in [0.05, 0.1) is 39.6 Å². The summed E-state index contributed by atoms with van der Waals surface area (Å²) in [7, 11) is 0. The van der Waals surface area contributed by atoms with Gasteiger partial charge in [0.1, 0.15) is 128 Å². The van der Waals surface area contributed by atoms with Crippen LogP contribution in [0.5, 0.6) is 5.75 Å². The SMILES string of the molecule is CCCCCCCCCCCOc1cccc(C(=O)N[C@@H]2C(O[C@@H]3C(CO)O[C@@H](OC4C(CO)O[C@@H](O[C@@H]5C(CO)OC(OC6C(CO)O[C@@H](O)[C@@H](NC(C)=O)[C@H]6O)C(NC(C)=O)C5O)[C@@H](NC(C)=O)[C@H]4O)C(NC(C)=O)C3O)OC(CO)[C@@H](O)[C@@H]2O)c1. The molecule has 5 aliphatic rings. The number of nitrogens with one attached hydrogen (secondary N) is 5. The minimum absolute atomic E-state index is 0.0716. The Balaban J connectivity index is 1.18. The summed E-state index contributed by atoms with van der Waals surface area (Å²) in [5.41, 5.74) is 0.0716. The summed E-state index contributed by atoms with van der Waals surface area (Å²) in [4.78, 5) is 64.1. The summed E-state index contributed by atoms with van der Waals surface area (Å²) < 4.78 is 59.9. The van der Waals surface area contributed by atoms with E-state index < -0.39 is 216 Å². The Morgan fingerprint density at radius 2 is 0.761 bits per heavy atom. The second-order valence-corrected chi connectivity index (χ2v) is 22.6. The van der Waals surface area contributed by atoms with Gasteiger partial charge in [-0.25, -0.2) is 0 Å². The van der Waals surface area contributed by atoms with Crippen LogP contribution in [0.1, 0.15) is 103 Å². The van der Waals surface area contributed by atoms with Gasteiger partial charge in [-0.15, -0.1) is 0 Å². The molecule has 32 nitrogen and oxygen atoms in total. The monoisotopic (exact) mass is 1270 g/mol. The van der Waals surface area contributed by atoms with Gasteiger partial charge < -0.3 is 135 Å². The molecule has 17 N–H and O–H groups in total. The first kappa shape index (κ1) is 72.6. The second kappa shape index (κ2) is 34.8. The minimum atomic E-state index is -2.03. The van der Waals surface area contributed by atoms with E-state index in [0.29, 0.717) is 12.4 Å². The lowest BCUT2D eigenvalue weighted by atomic mass is 9.93. The number of rotatable bonds is 30. The third-order valence-electron chi connectivity index (χ3n) is 15.9. The quantitative estimate of drug-likeness (QED) is 0.0319. The van der Waals surface area contributed by atoms with Gasteiger partial charge in [0.2, 0.25) is 23.6 Å². The highest BCUT2D eigenvalue weighted by atomic mass is 16.8. The summed E-state index contributed by atoms with van der Waals surface area (Å²) in [5.74, 6) is -3.50. The van der Waals surface area contributed by atoms with E-state index in [0.717, 1.165) is 53.4 Å². The highest BCUT2D eigenvalue weighted by Crippen LogP contribution is 2.36. The highest BCUT2D eigenvalue weighted by molar-refractivity contribution is 5.94. The zero-order chi connectivity index (χ0) is 64.5. The Kier molecular flexibility index (Phi) is 28.7. The normalized spacial score (nSPS) is 37.7. The van der Waals surface area contributed by atoms with Gasteiger partial charge in [-0.1, -0.05) is 64.4 Å². The Morgan fingerprint density at radius 1 is 0.420 bits per heavy atom. The van der Waals surface area contributed by atoms with E-state index >= 15 is 0 Å². The summed E-state index contributed by atoms with van der Waals surface area (Å²) in [5, 5.41) is 145. The maximum Gasteiger partial charge on any atom is 0.251 e. The first-order chi connectivity index (χ1) is 42.0. The first-order valence-electron chi connectivity index (χ1n) is 29.8. The zero-order valence-electron chi connectivity index (χ0n) is 49.8. The van der Waals surface area contributed by atoms with Crippen molar-refractivity contribution in [3.8, 4) is 5.75 Å². The summed E-state index contributed by atoms with van der Waals surface area (Å²) in [6.07, 6.45) is -25.8. The molecule has 1 aromatic carbocycles. The molecule has 13 unspecified atom stereocenters. The Labute approximate surface area is 508 Å². The molecule has 0 radical (unpaired) electrons. The van der Waals surface area contributed by atoms with Crippen molar-refractivity contribution in [3.05, 3.63) is 29.8 Å². The van der Waals surface area contributed by atoms with Gasteiger partial charge in [0.15, 0.2) is 31.5 Å². The van der Waals surface area contributed by atoms with Gasteiger partial charge in [-0.3, -0.25) is 24.0 Å². The molecule has 0 saturated carbocycles. The summed E-state index contributed by atoms with van der Waals surface area (Å²) in [6.45, 7) is 2.10. The van der Waals surface area contributed by atoms with E-state index in [4.69, 9.17) is 47.4 Å². The fourth-order valence-electron chi connectivity index (χ4n) is 11.4. The fraction of sp³-hybridized carbons (Fsp3) is 0.804. The molecule has 0 spiro atoms.